The molecule has 6 heteroatoms. The number of carboxylic acid groups (broad SMARTS) is 2. The molecule has 0 spiro atoms. The van der Waals surface area contributed by atoms with Crippen molar-refractivity contribution < 1.29 is 30.0 Å². The molecule has 0 atom stereocenters. The molecule has 0 saturated heterocycles. The molecule has 0 bridgehead atoms. The minimum Gasteiger partial charge on any atom is -0.481 e. The summed E-state index contributed by atoms with van der Waals surface area (Å²) in [6, 6.07) is 0. The van der Waals surface area contributed by atoms with Crippen LogP contribution in [0.5, 0.6) is 0 Å². The van der Waals surface area contributed by atoms with Gasteiger partial charge in [0.15, 0.2) is 0 Å². The molecule has 70 valence electrons. The highest BCUT2D eigenvalue weighted by Gasteiger charge is 2.54. The van der Waals surface area contributed by atoms with E-state index in [0.717, 1.165) is 13.8 Å². The van der Waals surface area contributed by atoms with Crippen LogP contribution in [0.1, 0.15) is 13.8 Å². The standard InChI is InChI=1S/C6H10O6/c1-5(2,3(7)8)6(11,12)4(9)10/h11-12H,1-2H3,(H,7,8)(H,9,10). The van der Waals surface area contributed by atoms with Gasteiger partial charge < -0.3 is 20.4 Å². The summed E-state index contributed by atoms with van der Waals surface area (Å²) in [5, 5.41) is 34.4. The van der Waals surface area contributed by atoms with Crippen molar-refractivity contribution in [1.82, 2.24) is 0 Å². The van der Waals surface area contributed by atoms with E-state index >= 15 is 0 Å². The smallest absolute Gasteiger partial charge is 0.365 e. The van der Waals surface area contributed by atoms with Gasteiger partial charge in [-0.3, -0.25) is 4.79 Å². The lowest BCUT2D eigenvalue weighted by molar-refractivity contribution is -0.244. The molecular formula is C6H10O6. The van der Waals surface area contributed by atoms with E-state index in [0.29, 0.717) is 0 Å². The molecule has 12 heavy (non-hydrogen) atoms. The Labute approximate surface area is 68.1 Å². The highest BCUT2D eigenvalue weighted by Crippen LogP contribution is 2.29. The first-order valence-corrected chi connectivity index (χ1v) is 3.05. The van der Waals surface area contributed by atoms with Crippen molar-refractivity contribution in [3.05, 3.63) is 0 Å². The molecule has 0 aromatic heterocycles. The van der Waals surface area contributed by atoms with Gasteiger partial charge in [0.25, 0.3) is 5.79 Å². The number of carboxylic acids is 2. The normalized spacial score (nSPS) is 12.7. The van der Waals surface area contributed by atoms with Crippen LogP contribution in [0.4, 0.5) is 0 Å². The van der Waals surface area contributed by atoms with Gasteiger partial charge >= 0.3 is 11.9 Å². The summed E-state index contributed by atoms with van der Waals surface area (Å²) in [7, 11) is 0. The lowest BCUT2D eigenvalue weighted by Gasteiger charge is -2.30. The molecule has 0 aliphatic rings. The second-order valence-electron chi connectivity index (χ2n) is 2.91. The van der Waals surface area contributed by atoms with Crippen LogP contribution in [0, 0.1) is 5.41 Å². The van der Waals surface area contributed by atoms with Gasteiger partial charge in [0.1, 0.15) is 5.41 Å². The van der Waals surface area contributed by atoms with E-state index in [9.17, 15) is 9.59 Å². The monoisotopic (exact) mass is 178 g/mol. The van der Waals surface area contributed by atoms with Crippen LogP contribution in [-0.2, 0) is 9.59 Å². The van der Waals surface area contributed by atoms with Crippen LogP contribution in [0.25, 0.3) is 0 Å². The van der Waals surface area contributed by atoms with Crippen molar-refractivity contribution >= 4 is 11.9 Å². The van der Waals surface area contributed by atoms with Crippen LogP contribution in [-0.4, -0.2) is 38.2 Å². The summed E-state index contributed by atoms with van der Waals surface area (Å²) < 4.78 is 0. The molecule has 0 aromatic rings. The van der Waals surface area contributed by atoms with Crippen LogP contribution in [0.2, 0.25) is 0 Å². The van der Waals surface area contributed by atoms with E-state index in [1.165, 1.54) is 0 Å². The lowest BCUT2D eigenvalue weighted by Crippen LogP contribution is -2.55. The average Bonchev–Trinajstić information content (AvgIpc) is 1.86. The van der Waals surface area contributed by atoms with E-state index < -0.39 is 23.1 Å². The first-order valence-electron chi connectivity index (χ1n) is 3.05. The molecule has 0 aromatic carbocycles. The van der Waals surface area contributed by atoms with Crippen molar-refractivity contribution in [2.24, 2.45) is 5.41 Å². The number of carbonyl (C=O) groups is 2. The molecule has 0 rings (SSSR count). The van der Waals surface area contributed by atoms with Crippen molar-refractivity contribution in [1.29, 1.82) is 0 Å². The molecule has 0 aliphatic heterocycles. The Morgan fingerprint density at radius 1 is 1.00 bits per heavy atom. The molecule has 0 unspecified atom stereocenters. The topological polar surface area (TPSA) is 115 Å². The fraction of sp³-hybridized carbons (Fsp3) is 0.667. The van der Waals surface area contributed by atoms with E-state index in [-0.39, 0.29) is 0 Å². The Morgan fingerprint density at radius 3 is 1.42 bits per heavy atom. The maximum absolute atomic E-state index is 10.4. The Bertz CT molecular complexity index is 192. The fourth-order valence-electron chi connectivity index (χ4n) is 0.416. The highest BCUT2D eigenvalue weighted by atomic mass is 16.5. The zero-order valence-electron chi connectivity index (χ0n) is 6.61. The molecule has 4 N–H and O–H groups in total. The van der Waals surface area contributed by atoms with E-state index in [1.807, 2.05) is 0 Å². The molecule has 0 aliphatic carbocycles. The second kappa shape index (κ2) is 2.72. The third kappa shape index (κ3) is 1.39. The third-order valence-corrected chi connectivity index (χ3v) is 1.70. The average molecular weight is 178 g/mol. The first-order chi connectivity index (χ1) is 5.14. The summed E-state index contributed by atoms with van der Waals surface area (Å²) >= 11 is 0. The largest absolute Gasteiger partial charge is 0.481 e. The third-order valence-electron chi connectivity index (χ3n) is 1.70. The number of rotatable bonds is 3. The first kappa shape index (κ1) is 10.9. The fourth-order valence-corrected chi connectivity index (χ4v) is 0.416. The maximum atomic E-state index is 10.4. The van der Waals surface area contributed by atoms with Crippen molar-refractivity contribution in [2.75, 3.05) is 0 Å². The van der Waals surface area contributed by atoms with Crippen molar-refractivity contribution in [3.8, 4) is 0 Å². The van der Waals surface area contributed by atoms with Gasteiger partial charge in [0.05, 0.1) is 0 Å². The summed E-state index contributed by atoms with van der Waals surface area (Å²) in [5.41, 5.74) is -2.15. The predicted molar refractivity (Wildman–Crippen MR) is 36.2 cm³/mol. The van der Waals surface area contributed by atoms with E-state index in [4.69, 9.17) is 20.4 Å². The van der Waals surface area contributed by atoms with Gasteiger partial charge in [-0.25, -0.2) is 4.79 Å². The van der Waals surface area contributed by atoms with Crippen LogP contribution in [0.3, 0.4) is 0 Å². The molecule has 0 radical (unpaired) electrons. The number of hydrogen-bond donors (Lipinski definition) is 4. The summed E-state index contributed by atoms with van der Waals surface area (Å²) in [6.07, 6.45) is 0. The molecule has 0 amide bonds. The minimum atomic E-state index is -3.27. The van der Waals surface area contributed by atoms with Gasteiger partial charge in [-0.1, -0.05) is 0 Å². The number of aliphatic hydroxyl groups is 2. The maximum Gasteiger partial charge on any atom is 0.365 e. The molecule has 0 fully saturated rings. The van der Waals surface area contributed by atoms with Gasteiger partial charge in [-0.2, -0.15) is 0 Å². The van der Waals surface area contributed by atoms with Crippen LogP contribution < -0.4 is 0 Å². The molecular weight excluding hydrogens is 168 g/mol. The van der Waals surface area contributed by atoms with Gasteiger partial charge in [0.2, 0.25) is 0 Å². The second-order valence-corrected chi connectivity index (χ2v) is 2.91. The summed E-state index contributed by atoms with van der Waals surface area (Å²) in [6.45, 7) is 1.81. The van der Waals surface area contributed by atoms with Gasteiger partial charge in [-0.15, -0.1) is 0 Å². The predicted octanol–water partition coefficient (Wildman–Crippen LogP) is -1.14. The highest BCUT2D eigenvalue weighted by molar-refractivity contribution is 5.86. The summed E-state index contributed by atoms with van der Waals surface area (Å²) in [4.78, 5) is 20.6. The van der Waals surface area contributed by atoms with Crippen molar-refractivity contribution in [2.45, 2.75) is 19.6 Å². The Morgan fingerprint density at radius 2 is 1.33 bits per heavy atom. The zero-order valence-corrected chi connectivity index (χ0v) is 6.61. The number of aliphatic carboxylic acids is 2. The van der Waals surface area contributed by atoms with E-state index in [2.05, 4.69) is 0 Å². The van der Waals surface area contributed by atoms with Gasteiger partial charge in [0, 0.05) is 0 Å². The minimum absolute atomic E-state index is 0.906. The van der Waals surface area contributed by atoms with Crippen molar-refractivity contribution in [3.63, 3.8) is 0 Å². The Balaban J connectivity index is 5.01. The SMILES string of the molecule is CC(C)(C(=O)O)C(O)(O)C(=O)O. The zero-order chi connectivity index (χ0) is 10.2. The quantitative estimate of drug-likeness (QED) is 0.406. The van der Waals surface area contributed by atoms with Crippen LogP contribution >= 0.6 is 0 Å². The molecule has 6 nitrogen and oxygen atoms in total. The Kier molecular flexibility index (Phi) is 2.46. The van der Waals surface area contributed by atoms with Gasteiger partial charge in [-0.05, 0) is 13.8 Å². The van der Waals surface area contributed by atoms with E-state index in [1.54, 1.807) is 0 Å². The molecule has 0 heterocycles. The number of hydrogen-bond acceptors (Lipinski definition) is 4. The summed E-state index contributed by atoms with van der Waals surface area (Å²) in [5.74, 6) is -6.86. The lowest BCUT2D eigenvalue weighted by atomic mass is 9.83. The van der Waals surface area contributed by atoms with Crippen LogP contribution in [0.15, 0.2) is 0 Å². The molecule has 0 saturated carbocycles. The Hall–Kier alpha value is -1.14.